The van der Waals surface area contributed by atoms with Crippen LogP contribution < -0.4 is 0 Å². The number of hydrogen-bond acceptors (Lipinski definition) is 0. The van der Waals surface area contributed by atoms with Gasteiger partial charge in [-0.1, -0.05) is 59.8 Å². The average molecular weight is 210 g/mol. The smallest absolute Gasteiger partial charge is 0.0300 e. The van der Waals surface area contributed by atoms with E-state index in [0.717, 1.165) is 11.8 Å². The fraction of sp³-hybridized carbons (Fsp3) is 1.00. The minimum atomic E-state index is 0.686. The third kappa shape index (κ3) is 3.81. The largest absolute Gasteiger partial charge is 0.0654 e. The normalized spacial score (nSPS) is 24.0. The Hall–Kier alpha value is 0. The third-order valence-corrected chi connectivity index (χ3v) is 4.81. The number of rotatable bonds is 6. The van der Waals surface area contributed by atoms with Crippen LogP contribution in [0.4, 0.5) is 0 Å². The molecule has 0 aromatic heterocycles. The first kappa shape index (κ1) is 13.1. The zero-order chi connectivity index (χ0) is 11.3. The molecule has 0 N–H and O–H groups in total. The quantitative estimate of drug-likeness (QED) is 0.549. The standard InChI is InChI=1S/C15H30/c1-5-8-13(2)9-10-14(3)15(4)11-6-7-12-15/h13-14H,5-12H2,1-4H3. The van der Waals surface area contributed by atoms with E-state index in [-0.39, 0.29) is 0 Å². The zero-order valence-electron chi connectivity index (χ0n) is 11.3. The van der Waals surface area contributed by atoms with Gasteiger partial charge in [-0.05, 0) is 36.5 Å². The molecule has 0 aromatic rings. The maximum Gasteiger partial charge on any atom is -0.0300 e. The predicted molar refractivity (Wildman–Crippen MR) is 69.0 cm³/mol. The Morgan fingerprint density at radius 2 is 1.60 bits per heavy atom. The van der Waals surface area contributed by atoms with E-state index in [2.05, 4.69) is 27.7 Å². The Bertz CT molecular complexity index is 165. The second-order valence-electron chi connectivity index (χ2n) is 6.23. The molecule has 1 aliphatic rings. The van der Waals surface area contributed by atoms with Crippen LogP contribution in [0.5, 0.6) is 0 Å². The molecule has 2 unspecified atom stereocenters. The van der Waals surface area contributed by atoms with Crippen molar-refractivity contribution in [3.63, 3.8) is 0 Å². The van der Waals surface area contributed by atoms with Crippen molar-refractivity contribution in [3.8, 4) is 0 Å². The summed E-state index contributed by atoms with van der Waals surface area (Å²) in [5.41, 5.74) is 0.686. The van der Waals surface area contributed by atoms with Crippen LogP contribution >= 0.6 is 0 Å². The molecule has 1 rings (SSSR count). The summed E-state index contributed by atoms with van der Waals surface area (Å²) >= 11 is 0. The first-order valence-corrected chi connectivity index (χ1v) is 7.08. The monoisotopic (exact) mass is 210 g/mol. The number of hydrogen-bond donors (Lipinski definition) is 0. The second-order valence-corrected chi connectivity index (χ2v) is 6.23. The summed E-state index contributed by atoms with van der Waals surface area (Å²) in [5, 5.41) is 0. The van der Waals surface area contributed by atoms with Gasteiger partial charge in [-0.2, -0.15) is 0 Å². The van der Waals surface area contributed by atoms with Gasteiger partial charge in [0.05, 0.1) is 0 Å². The fourth-order valence-electron chi connectivity index (χ4n) is 3.20. The van der Waals surface area contributed by atoms with E-state index in [9.17, 15) is 0 Å². The highest BCUT2D eigenvalue weighted by molar-refractivity contribution is 4.84. The highest BCUT2D eigenvalue weighted by atomic mass is 14.4. The van der Waals surface area contributed by atoms with Crippen LogP contribution in [-0.2, 0) is 0 Å². The van der Waals surface area contributed by atoms with Crippen LogP contribution in [-0.4, -0.2) is 0 Å². The lowest BCUT2D eigenvalue weighted by Crippen LogP contribution is -2.22. The van der Waals surface area contributed by atoms with E-state index in [4.69, 9.17) is 0 Å². The van der Waals surface area contributed by atoms with Gasteiger partial charge in [-0.25, -0.2) is 0 Å². The Morgan fingerprint density at radius 1 is 1.00 bits per heavy atom. The van der Waals surface area contributed by atoms with Gasteiger partial charge in [0.2, 0.25) is 0 Å². The SMILES string of the molecule is CCCC(C)CCC(C)C1(C)CCCC1. The second kappa shape index (κ2) is 5.92. The van der Waals surface area contributed by atoms with Gasteiger partial charge >= 0.3 is 0 Å². The maximum atomic E-state index is 2.52. The fourth-order valence-corrected chi connectivity index (χ4v) is 3.20. The molecule has 0 bridgehead atoms. The Kier molecular flexibility index (Phi) is 5.15. The molecule has 2 atom stereocenters. The van der Waals surface area contributed by atoms with Crippen molar-refractivity contribution in [1.82, 2.24) is 0 Å². The van der Waals surface area contributed by atoms with E-state index in [1.807, 2.05) is 0 Å². The van der Waals surface area contributed by atoms with Gasteiger partial charge in [0.15, 0.2) is 0 Å². The Balaban J connectivity index is 2.25. The van der Waals surface area contributed by atoms with Crippen molar-refractivity contribution in [2.75, 3.05) is 0 Å². The highest BCUT2D eigenvalue weighted by Crippen LogP contribution is 2.45. The Labute approximate surface area is 96.8 Å². The molecule has 0 radical (unpaired) electrons. The highest BCUT2D eigenvalue weighted by Gasteiger charge is 2.33. The predicted octanol–water partition coefficient (Wildman–Crippen LogP) is 5.42. The van der Waals surface area contributed by atoms with Crippen molar-refractivity contribution in [2.45, 2.75) is 79.1 Å². The van der Waals surface area contributed by atoms with E-state index < -0.39 is 0 Å². The minimum absolute atomic E-state index is 0.686. The summed E-state index contributed by atoms with van der Waals surface area (Å²) in [4.78, 5) is 0. The van der Waals surface area contributed by atoms with Gasteiger partial charge in [-0.15, -0.1) is 0 Å². The first-order chi connectivity index (χ1) is 7.08. The Morgan fingerprint density at radius 3 is 2.13 bits per heavy atom. The van der Waals surface area contributed by atoms with Crippen molar-refractivity contribution < 1.29 is 0 Å². The third-order valence-electron chi connectivity index (χ3n) is 4.81. The topological polar surface area (TPSA) is 0 Å². The molecule has 0 nitrogen and oxygen atoms in total. The minimum Gasteiger partial charge on any atom is -0.0654 e. The van der Waals surface area contributed by atoms with Gasteiger partial charge in [-0.3, -0.25) is 0 Å². The van der Waals surface area contributed by atoms with Crippen molar-refractivity contribution in [3.05, 3.63) is 0 Å². The zero-order valence-corrected chi connectivity index (χ0v) is 11.3. The van der Waals surface area contributed by atoms with Crippen molar-refractivity contribution in [2.24, 2.45) is 17.3 Å². The molecule has 90 valence electrons. The van der Waals surface area contributed by atoms with Crippen molar-refractivity contribution in [1.29, 1.82) is 0 Å². The summed E-state index contributed by atoms with van der Waals surface area (Å²) in [7, 11) is 0. The molecule has 15 heavy (non-hydrogen) atoms. The summed E-state index contributed by atoms with van der Waals surface area (Å²) in [6.45, 7) is 9.74. The molecule has 0 amide bonds. The molecular weight excluding hydrogens is 180 g/mol. The van der Waals surface area contributed by atoms with E-state index in [0.29, 0.717) is 5.41 Å². The van der Waals surface area contributed by atoms with Crippen LogP contribution in [0.15, 0.2) is 0 Å². The lowest BCUT2D eigenvalue weighted by molar-refractivity contribution is 0.187. The van der Waals surface area contributed by atoms with Gasteiger partial charge in [0.1, 0.15) is 0 Å². The summed E-state index contributed by atoms with van der Waals surface area (Å²) in [6.07, 6.45) is 11.6. The lowest BCUT2D eigenvalue weighted by atomic mass is 9.74. The van der Waals surface area contributed by atoms with Gasteiger partial charge < -0.3 is 0 Å². The molecule has 0 aromatic carbocycles. The lowest BCUT2D eigenvalue weighted by Gasteiger charge is -2.32. The van der Waals surface area contributed by atoms with Crippen molar-refractivity contribution >= 4 is 0 Å². The molecule has 1 aliphatic carbocycles. The molecule has 0 heteroatoms. The van der Waals surface area contributed by atoms with Crippen LogP contribution in [0.25, 0.3) is 0 Å². The average Bonchev–Trinajstić information content (AvgIpc) is 2.63. The van der Waals surface area contributed by atoms with Crippen LogP contribution in [0.1, 0.15) is 79.1 Å². The van der Waals surface area contributed by atoms with E-state index in [1.165, 1.54) is 51.4 Å². The summed E-state index contributed by atoms with van der Waals surface area (Å²) < 4.78 is 0. The molecule has 1 saturated carbocycles. The molecule has 1 fully saturated rings. The maximum absolute atomic E-state index is 2.52. The van der Waals surface area contributed by atoms with Crippen LogP contribution in [0.2, 0.25) is 0 Å². The summed E-state index contributed by atoms with van der Waals surface area (Å²) in [6, 6.07) is 0. The first-order valence-electron chi connectivity index (χ1n) is 7.08. The van der Waals surface area contributed by atoms with Gasteiger partial charge in [0.25, 0.3) is 0 Å². The van der Waals surface area contributed by atoms with Crippen LogP contribution in [0.3, 0.4) is 0 Å². The van der Waals surface area contributed by atoms with Gasteiger partial charge in [0, 0.05) is 0 Å². The molecular formula is C15H30. The molecule has 0 spiro atoms. The molecule has 0 saturated heterocycles. The van der Waals surface area contributed by atoms with Crippen LogP contribution in [0, 0.1) is 17.3 Å². The molecule has 0 aliphatic heterocycles. The van der Waals surface area contributed by atoms with E-state index >= 15 is 0 Å². The summed E-state index contributed by atoms with van der Waals surface area (Å²) in [5.74, 6) is 1.89. The molecule has 0 heterocycles. The van der Waals surface area contributed by atoms with E-state index in [1.54, 1.807) is 0 Å².